The van der Waals surface area contributed by atoms with Crippen LogP contribution in [0.5, 0.6) is 5.88 Å². The SMILES string of the molecule is CCCCCCC(CCCCCC)n1c(O)c2ccc3c4ccc5c(=O)n(C(CCCCCC)CCCCCC)c(=O)c6ccc(c7cc(=NCCCC)c(c1=O)c2c37)c4c56. The number of benzene rings is 5. The van der Waals surface area contributed by atoms with E-state index in [0.717, 1.165) is 184 Å². The second-order valence-electron chi connectivity index (χ2n) is 18.2. The topological polar surface area (TPSA) is 93.7 Å². The first-order chi connectivity index (χ1) is 29.8. The Morgan fingerprint density at radius 2 is 0.820 bits per heavy atom. The van der Waals surface area contributed by atoms with E-state index in [9.17, 15) is 14.7 Å². The van der Waals surface area contributed by atoms with Gasteiger partial charge in [-0.2, -0.15) is 0 Å². The van der Waals surface area contributed by atoms with Gasteiger partial charge in [-0.05, 0) is 88.7 Å². The number of hydrogen-bond acceptors (Lipinski definition) is 5. The van der Waals surface area contributed by atoms with E-state index in [2.05, 4.69) is 58.9 Å². The summed E-state index contributed by atoms with van der Waals surface area (Å²) in [5.41, 5.74) is -0.536. The average Bonchev–Trinajstić information content (AvgIpc) is 3.26. The first kappa shape index (κ1) is 44.5. The third-order valence-electron chi connectivity index (χ3n) is 13.9. The number of pyridine rings is 2. The standard InChI is InChI=1S/C54H71N3O4/c1-6-11-16-20-24-36(25-21-17-12-7-2)56-51(58)41-31-28-38-39-29-33-43-49-47(39)44(40-30-32-42(52(56)59)48(41)46(38)40)35-45(55-34-15-10-5)50(49)54(61)57(53(43)60)37(26-22-18-13-8-3)27-23-19-14-9-4/h28-33,35-37,60H,6-27,34H2,1-5H3. The summed E-state index contributed by atoms with van der Waals surface area (Å²) < 4.78 is 3.34. The second-order valence-corrected chi connectivity index (χ2v) is 18.2. The van der Waals surface area contributed by atoms with Crippen molar-refractivity contribution in [2.75, 3.05) is 6.54 Å². The molecule has 0 saturated carbocycles. The van der Waals surface area contributed by atoms with E-state index in [1.54, 1.807) is 9.13 Å². The van der Waals surface area contributed by atoms with Crippen molar-refractivity contribution in [2.45, 2.75) is 188 Å². The Labute approximate surface area is 361 Å². The molecule has 0 saturated heterocycles. The van der Waals surface area contributed by atoms with E-state index in [1.807, 2.05) is 18.2 Å². The van der Waals surface area contributed by atoms with Crippen LogP contribution in [0.15, 0.2) is 61.8 Å². The number of aromatic hydroxyl groups is 1. The molecule has 7 nitrogen and oxygen atoms in total. The number of aromatic nitrogens is 2. The van der Waals surface area contributed by atoms with Crippen molar-refractivity contribution in [3.8, 4) is 5.88 Å². The second kappa shape index (κ2) is 20.6. The molecule has 0 spiro atoms. The molecule has 0 fully saturated rings. The summed E-state index contributed by atoms with van der Waals surface area (Å²) >= 11 is 0. The molecular weight excluding hydrogens is 755 g/mol. The number of unbranched alkanes of at least 4 members (excludes halogenated alkanes) is 13. The van der Waals surface area contributed by atoms with Gasteiger partial charge in [0.05, 0.1) is 10.7 Å². The van der Waals surface area contributed by atoms with E-state index in [0.29, 0.717) is 33.4 Å². The highest BCUT2D eigenvalue weighted by Crippen LogP contribution is 2.45. The molecule has 0 amide bonds. The lowest BCUT2D eigenvalue weighted by Crippen LogP contribution is -2.36. The molecule has 61 heavy (non-hydrogen) atoms. The Kier molecular flexibility index (Phi) is 15.0. The lowest BCUT2D eigenvalue weighted by Gasteiger charge is -2.25. The van der Waals surface area contributed by atoms with Crippen molar-refractivity contribution < 1.29 is 5.11 Å². The molecule has 2 heterocycles. The van der Waals surface area contributed by atoms with Gasteiger partial charge in [0.2, 0.25) is 5.88 Å². The fraction of sp³-hybridized carbons (Fsp3) is 0.556. The van der Waals surface area contributed by atoms with Crippen molar-refractivity contribution in [3.05, 3.63) is 78.9 Å². The molecule has 0 unspecified atom stereocenters. The van der Waals surface area contributed by atoms with Crippen LogP contribution in [0.1, 0.15) is 188 Å². The number of rotatable bonds is 25. The summed E-state index contributed by atoms with van der Waals surface area (Å²) in [6, 6.07) is 13.9. The Morgan fingerprint density at radius 3 is 1.30 bits per heavy atom. The van der Waals surface area contributed by atoms with E-state index in [1.165, 1.54) is 0 Å². The van der Waals surface area contributed by atoms with Crippen molar-refractivity contribution in [1.29, 1.82) is 0 Å². The lowest BCUT2D eigenvalue weighted by molar-refractivity contribution is 0.334. The Morgan fingerprint density at radius 1 is 0.426 bits per heavy atom. The highest BCUT2D eigenvalue weighted by Gasteiger charge is 2.27. The summed E-state index contributed by atoms with van der Waals surface area (Å²) in [7, 11) is 0. The van der Waals surface area contributed by atoms with E-state index in [-0.39, 0.29) is 34.6 Å². The lowest BCUT2D eigenvalue weighted by atomic mass is 9.85. The summed E-state index contributed by atoms with van der Waals surface area (Å²) in [6.45, 7) is 11.6. The molecule has 2 aromatic heterocycles. The number of nitrogens with zero attached hydrogens (tertiary/aromatic N) is 3. The summed E-state index contributed by atoms with van der Waals surface area (Å²) in [6.07, 6.45) is 23.0. The average molecular weight is 826 g/mol. The maximum atomic E-state index is 15.1. The predicted octanol–water partition coefficient (Wildman–Crippen LogP) is 14.0. The normalized spacial score (nSPS) is 12.9. The summed E-state index contributed by atoms with van der Waals surface area (Å²) in [4.78, 5) is 49.7. The van der Waals surface area contributed by atoms with Crippen LogP contribution in [0.25, 0.3) is 64.6 Å². The van der Waals surface area contributed by atoms with Gasteiger partial charge >= 0.3 is 0 Å². The molecule has 5 aromatic carbocycles. The molecule has 0 aliphatic carbocycles. The zero-order valence-corrected chi connectivity index (χ0v) is 38.0. The molecule has 0 bridgehead atoms. The van der Waals surface area contributed by atoms with Crippen LogP contribution in [0.3, 0.4) is 0 Å². The van der Waals surface area contributed by atoms with Gasteiger partial charge in [-0.25, -0.2) is 0 Å². The zero-order valence-electron chi connectivity index (χ0n) is 38.0. The van der Waals surface area contributed by atoms with Gasteiger partial charge in [-0.3, -0.25) is 28.5 Å². The third kappa shape index (κ3) is 8.65. The smallest absolute Gasteiger partial charge is 0.263 e. The molecule has 0 aliphatic rings. The van der Waals surface area contributed by atoms with Gasteiger partial charge in [0.25, 0.3) is 16.7 Å². The Bertz CT molecular complexity index is 2740. The van der Waals surface area contributed by atoms with Crippen molar-refractivity contribution >= 4 is 64.6 Å². The van der Waals surface area contributed by atoms with Crippen LogP contribution < -0.4 is 22.0 Å². The zero-order chi connectivity index (χ0) is 43.0. The van der Waals surface area contributed by atoms with Crippen LogP contribution >= 0.6 is 0 Å². The minimum Gasteiger partial charge on any atom is -0.494 e. The number of hydrogen-bond donors (Lipinski definition) is 1. The fourth-order valence-electron chi connectivity index (χ4n) is 10.6. The molecular formula is C54H71N3O4. The van der Waals surface area contributed by atoms with Crippen LogP contribution in [0.2, 0.25) is 0 Å². The van der Waals surface area contributed by atoms with Crippen LogP contribution in [-0.2, 0) is 0 Å². The maximum Gasteiger partial charge on any atom is 0.263 e. The first-order valence-corrected chi connectivity index (χ1v) is 24.5. The molecule has 326 valence electrons. The predicted molar refractivity (Wildman–Crippen MR) is 260 cm³/mol. The first-order valence-electron chi connectivity index (χ1n) is 24.5. The summed E-state index contributed by atoms with van der Waals surface area (Å²) in [5.74, 6) is 0.0444. The van der Waals surface area contributed by atoms with Crippen molar-refractivity contribution in [3.63, 3.8) is 0 Å². The Balaban J connectivity index is 1.48. The quantitative estimate of drug-likeness (QED) is 0.0353. The van der Waals surface area contributed by atoms with Gasteiger partial charge in [0.1, 0.15) is 0 Å². The van der Waals surface area contributed by atoms with Gasteiger partial charge in [0, 0.05) is 45.6 Å². The van der Waals surface area contributed by atoms with Crippen LogP contribution in [-0.4, -0.2) is 20.8 Å². The highest BCUT2D eigenvalue weighted by molar-refractivity contribution is 6.39. The molecule has 7 aromatic rings. The fourth-order valence-corrected chi connectivity index (χ4v) is 10.6. The van der Waals surface area contributed by atoms with Crippen molar-refractivity contribution in [1.82, 2.24) is 9.13 Å². The minimum atomic E-state index is -0.187. The highest BCUT2D eigenvalue weighted by atomic mass is 16.3. The molecule has 1 N–H and O–H groups in total. The van der Waals surface area contributed by atoms with E-state index >= 15 is 4.79 Å². The molecule has 7 heteroatoms. The molecule has 0 aliphatic heterocycles. The van der Waals surface area contributed by atoms with Crippen molar-refractivity contribution in [2.24, 2.45) is 4.99 Å². The summed E-state index contributed by atoms with van der Waals surface area (Å²) in [5, 5.41) is 22.5. The van der Waals surface area contributed by atoms with Gasteiger partial charge in [-0.15, -0.1) is 0 Å². The molecule has 7 rings (SSSR count). The molecule has 0 atom stereocenters. The third-order valence-corrected chi connectivity index (χ3v) is 13.9. The number of fused-ring (bicyclic) bond motifs is 2. The van der Waals surface area contributed by atoms with Gasteiger partial charge in [0.15, 0.2) is 0 Å². The van der Waals surface area contributed by atoms with Gasteiger partial charge in [-0.1, -0.05) is 162 Å². The largest absolute Gasteiger partial charge is 0.494 e. The van der Waals surface area contributed by atoms with Crippen LogP contribution in [0.4, 0.5) is 0 Å². The minimum absolute atomic E-state index is 0.0444. The monoisotopic (exact) mass is 826 g/mol. The van der Waals surface area contributed by atoms with E-state index in [4.69, 9.17) is 4.99 Å². The maximum absolute atomic E-state index is 15.1. The van der Waals surface area contributed by atoms with E-state index < -0.39 is 0 Å². The van der Waals surface area contributed by atoms with Crippen LogP contribution in [0, 0.1) is 0 Å². The Hall–Kier alpha value is -4.52. The molecule has 0 radical (unpaired) electrons. The van der Waals surface area contributed by atoms with Gasteiger partial charge < -0.3 is 5.11 Å².